The molecule has 6 rings (SSSR count). The summed E-state index contributed by atoms with van der Waals surface area (Å²) < 4.78 is 1.84. The third-order valence-corrected chi connectivity index (χ3v) is 9.30. The zero-order valence-corrected chi connectivity index (χ0v) is 28.0. The number of carbonyl (C=O) groups excluding carboxylic acids is 4. The summed E-state index contributed by atoms with van der Waals surface area (Å²) in [7, 11) is 0. The molecule has 13 nitrogen and oxygen atoms in total. The van der Waals surface area contributed by atoms with Crippen molar-refractivity contribution >= 4 is 46.5 Å². The van der Waals surface area contributed by atoms with Crippen LogP contribution in [0.3, 0.4) is 0 Å². The number of imide groups is 1. The number of urea groups is 1. The second-order valence-corrected chi connectivity index (χ2v) is 13.1. The Morgan fingerprint density at radius 2 is 1.73 bits per heavy atom. The van der Waals surface area contributed by atoms with E-state index >= 15 is 0 Å². The van der Waals surface area contributed by atoms with E-state index in [9.17, 15) is 24.4 Å². The quantitative estimate of drug-likeness (QED) is 0.270. The summed E-state index contributed by atoms with van der Waals surface area (Å²) in [4.78, 5) is 61.7. The van der Waals surface area contributed by atoms with E-state index in [0.717, 1.165) is 34.6 Å². The Morgan fingerprint density at radius 1 is 1.02 bits per heavy atom. The number of nitrogens with one attached hydrogen (secondary N) is 1. The summed E-state index contributed by atoms with van der Waals surface area (Å²) >= 11 is 0. The van der Waals surface area contributed by atoms with Crippen LogP contribution in [0.25, 0.3) is 16.6 Å². The van der Waals surface area contributed by atoms with Crippen LogP contribution >= 0.6 is 0 Å². The molecule has 2 aromatic carbocycles. The van der Waals surface area contributed by atoms with E-state index in [4.69, 9.17) is 5.73 Å². The van der Waals surface area contributed by atoms with Gasteiger partial charge in [0.25, 0.3) is 0 Å². The van der Waals surface area contributed by atoms with Gasteiger partial charge in [0.1, 0.15) is 17.8 Å². The Labute approximate surface area is 284 Å². The van der Waals surface area contributed by atoms with E-state index in [0.29, 0.717) is 35.7 Å². The fraction of sp³-hybridized carbons (Fsp3) is 0.361. The van der Waals surface area contributed by atoms with Crippen LogP contribution in [-0.4, -0.2) is 73.8 Å². The van der Waals surface area contributed by atoms with Crippen molar-refractivity contribution in [2.75, 3.05) is 35.6 Å². The largest absolute Gasteiger partial charge is 0.382 e. The zero-order chi connectivity index (χ0) is 35.0. The summed E-state index contributed by atoms with van der Waals surface area (Å²) in [6, 6.07) is 16.7. The number of nitrogen functional groups attached to an aromatic ring is 1. The molecule has 2 fully saturated rings. The van der Waals surface area contributed by atoms with E-state index in [1.54, 1.807) is 30.3 Å². The van der Waals surface area contributed by atoms with Gasteiger partial charge in [-0.1, -0.05) is 32.0 Å². The van der Waals surface area contributed by atoms with Gasteiger partial charge in [0.2, 0.25) is 17.7 Å². The molecule has 4 aromatic rings. The van der Waals surface area contributed by atoms with Gasteiger partial charge >= 0.3 is 6.03 Å². The highest BCUT2D eigenvalue weighted by molar-refractivity contribution is 6.23. The lowest BCUT2D eigenvalue weighted by atomic mass is 9.92. The highest BCUT2D eigenvalue weighted by Gasteiger charge is 2.44. The summed E-state index contributed by atoms with van der Waals surface area (Å²) in [6.45, 7) is 8.75. The molecule has 2 aromatic heterocycles. The van der Waals surface area contributed by atoms with Crippen LogP contribution in [0.4, 0.5) is 22.0 Å². The first-order valence-electron chi connectivity index (χ1n) is 16.4. The summed E-state index contributed by atoms with van der Waals surface area (Å²) in [5.74, 6) is -1.73. The number of anilines is 3. The van der Waals surface area contributed by atoms with Gasteiger partial charge in [-0.25, -0.2) is 19.2 Å². The average molecular weight is 662 g/mol. The van der Waals surface area contributed by atoms with E-state index in [1.807, 2.05) is 55.3 Å². The monoisotopic (exact) mass is 661 g/mol. The molecule has 0 radical (unpaired) electrons. The number of likely N-dealkylation sites (tertiary alicyclic amines) is 1. The molecular weight excluding hydrogens is 622 g/mol. The van der Waals surface area contributed by atoms with Gasteiger partial charge in [0, 0.05) is 54.5 Å². The van der Waals surface area contributed by atoms with Crippen LogP contribution in [0, 0.1) is 23.2 Å². The number of fused-ring (bicyclic) bond motifs is 1. The molecule has 1 atom stereocenters. The standard InChI is InChI=1S/C36H39N9O4/c1-21(2)34(47)42-14-12-25(13-15-42)30-17-28(31-32(38)39-20-40-45(30)31)24-8-10-26(11-9-24)41-33(46)29-19-43(22(3)4)36(49)44(35(29)48)27-7-5-6-23(16-27)18-37/h5-11,16-17,20-22,25,29H,12-15,19H2,1-4H3,(H,41,46)(H2,38,39,40). The maximum Gasteiger partial charge on any atom is 0.331 e. The Bertz CT molecular complexity index is 1970. The van der Waals surface area contributed by atoms with Crippen LogP contribution in [0.2, 0.25) is 0 Å². The number of hydrogen-bond donors (Lipinski definition) is 2. The minimum absolute atomic E-state index is 0.0395. The van der Waals surface area contributed by atoms with Crippen LogP contribution in [0.1, 0.15) is 57.7 Å². The first-order chi connectivity index (χ1) is 23.5. The Morgan fingerprint density at radius 3 is 2.39 bits per heavy atom. The smallest absolute Gasteiger partial charge is 0.331 e. The zero-order valence-electron chi connectivity index (χ0n) is 28.0. The molecule has 0 bridgehead atoms. The second kappa shape index (κ2) is 13.4. The van der Waals surface area contributed by atoms with Crippen molar-refractivity contribution < 1.29 is 19.2 Å². The fourth-order valence-electron chi connectivity index (χ4n) is 6.64. The van der Waals surface area contributed by atoms with Crippen LogP contribution in [0.5, 0.6) is 0 Å². The average Bonchev–Trinajstić information content (AvgIpc) is 3.49. The van der Waals surface area contributed by atoms with E-state index in [2.05, 4.69) is 21.5 Å². The third kappa shape index (κ3) is 6.29. The predicted molar refractivity (Wildman–Crippen MR) is 184 cm³/mol. The number of nitrogens with two attached hydrogens (primary N) is 1. The Balaban J connectivity index is 1.23. The molecule has 1 unspecified atom stereocenters. The number of aromatic nitrogens is 3. The molecule has 0 saturated carbocycles. The number of rotatable bonds is 7. The molecule has 5 amide bonds. The lowest BCUT2D eigenvalue weighted by molar-refractivity contribution is -0.135. The molecule has 13 heteroatoms. The van der Waals surface area contributed by atoms with E-state index in [-0.39, 0.29) is 36.0 Å². The van der Waals surface area contributed by atoms with Gasteiger partial charge in [-0.05, 0) is 68.7 Å². The molecule has 4 heterocycles. The Kier molecular flexibility index (Phi) is 9.05. The minimum Gasteiger partial charge on any atom is -0.382 e. The second-order valence-electron chi connectivity index (χ2n) is 13.1. The third-order valence-electron chi connectivity index (χ3n) is 9.30. The van der Waals surface area contributed by atoms with Gasteiger partial charge in [-0.15, -0.1) is 0 Å². The number of hydrogen-bond acceptors (Lipinski definition) is 8. The topological polar surface area (TPSA) is 170 Å². The van der Waals surface area contributed by atoms with Crippen molar-refractivity contribution in [3.05, 3.63) is 72.2 Å². The predicted octanol–water partition coefficient (Wildman–Crippen LogP) is 4.64. The molecule has 49 heavy (non-hydrogen) atoms. The Hall–Kier alpha value is -5.77. The molecule has 252 valence electrons. The summed E-state index contributed by atoms with van der Waals surface area (Å²) in [6.07, 6.45) is 3.05. The molecule has 0 spiro atoms. The number of nitriles is 1. The van der Waals surface area contributed by atoms with Gasteiger partial charge in [0.05, 0.1) is 17.3 Å². The van der Waals surface area contributed by atoms with Crippen LogP contribution in [0.15, 0.2) is 60.9 Å². The highest BCUT2D eigenvalue weighted by Crippen LogP contribution is 2.37. The molecule has 3 N–H and O–H groups in total. The first kappa shape index (κ1) is 33.1. The normalized spacial score (nSPS) is 17.2. The minimum atomic E-state index is -1.16. The van der Waals surface area contributed by atoms with Crippen molar-refractivity contribution in [1.29, 1.82) is 5.26 Å². The molecule has 2 aliphatic rings. The SMILES string of the molecule is CC(C)C(=O)N1CCC(c2cc(-c3ccc(NC(=O)C4CN(C(C)C)C(=O)N(c5cccc(C#N)c5)C4=O)cc3)c3c(N)ncnn23)CC1. The van der Waals surface area contributed by atoms with Gasteiger partial charge < -0.3 is 20.9 Å². The van der Waals surface area contributed by atoms with Gasteiger partial charge in [-0.3, -0.25) is 14.4 Å². The van der Waals surface area contributed by atoms with Crippen LogP contribution in [-0.2, 0) is 14.4 Å². The number of piperidine rings is 1. The molecule has 0 aliphatic carbocycles. The van der Waals surface area contributed by atoms with Crippen molar-refractivity contribution in [2.45, 2.75) is 52.5 Å². The van der Waals surface area contributed by atoms with Crippen LogP contribution < -0.4 is 16.0 Å². The number of nitrogens with zero attached hydrogens (tertiary/aromatic N) is 7. The van der Waals surface area contributed by atoms with E-state index < -0.39 is 23.8 Å². The number of benzene rings is 2. The lowest BCUT2D eigenvalue weighted by Gasteiger charge is -2.39. The summed E-state index contributed by atoms with van der Waals surface area (Å²) in [5, 5.41) is 16.7. The lowest BCUT2D eigenvalue weighted by Crippen LogP contribution is -2.61. The summed E-state index contributed by atoms with van der Waals surface area (Å²) in [5.41, 5.74) is 10.7. The van der Waals surface area contributed by atoms with Crippen molar-refractivity contribution in [1.82, 2.24) is 24.4 Å². The van der Waals surface area contributed by atoms with Crippen molar-refractivity contribution in [3.63, 3.8) is 0 Å². The number of carbonyl (C=O) groups is 4. The van der Waals surface area contributed by atoms with Gasteiger partial charge in [-0.2, -0.15) is 10.4 Å². The molecular formula is C36H39N9O4. The molecule has 2 saturated heterocycles. The van der Waals surface area contributed by atoms with Crippen molar-refractivity contribution in [3.8, 4) is 17.2 Å². The molecule has 2 aliphatic heterocycles. The van der Waals surface area contributed by atoms with Crippen molar-refractivity contribution in [2.24, 2.45) is 11.8 Å². The first-order valence-corrected chi connectivity index (χ1v) is 16.4. The maximum absolute atomic E-state index is 13.6. The van der Waals surface area contributed by atoms with E-state index in [1.165, 1.54) is 17.3 Å². The maximum atomic E-state index is 13.6. The van der Waals surface area contributed by atoms with Gasteiger partial charge in [0.15, 0.2) is 5.82 Å². The highest BCUT2D eigenvalue weighted by atomic mass is 16.2. The number of amides is 5. The fourth-order valence-corrected chi connectivity index (χ4v) is 6.64.